The minimum Gasteiger partial charge on any atom is -0.467 e. The molecule has 0 aliphatic heterocycles. The van der Waals surface area contributed by atoms with Gasteiger partial charge in [-0.25, -0.2) is 9.59 Å². The van der Waals surface area contributed by atoms with Crippen LogP contribution in [0, 0.1) is 11.8 Å². The van der Waals surface area contributed by atoms with Crippen molar-refractivity contribution in [2.24, 2.45) is 11.8 Å². The van der Waals surface area contributed by atoms with Crippen molar-refractivity contribution in [2.45, 2.75) is 91.6 Å². The maximum atomic E-state index is 13.0. The summed E-state index contributed by atoms with van der Waals surface area (Å²) in [7, 11) is 1.24. The molecule has 0 unspecified atom stereocenters. The number of ether oxygens (including phenoxy) is 2. The van der Waals surface area contributed by atoms with Crippen LogP contribution in [0.15, 0.2) is 30.3 Å². The van der Waals surface area contributed by atoms with Crippen molar-refractivity contribution in [3.05, 3.63) is 35.9 Å². The van der Waals surface area contributed by atoms with Gasteiger partial charge in [0.1, 0.15) is 30.3 Å². The Bertz CT molecular complexity index is 983. The molecule has 4 amide bonds. The number of carbonyl (C=O) groups is 5. The summed E-state index contributed by atoms with van der Waals surface area (Å²) in [6, 6.07) is 6.29. The van der Waals surface area contributed by atoms with Crippen LogP contribution in [0.4, 0.5) is 4.79 Å². The largest absolute Gasteiger partial charge is 0.467 e. The van der Waals surface area contributed by atoms with Crippen molar-refractivity contribution < 1.29 is 33.4 Å². The fourth-order valence-corrected chi connectivity index (χ4v) is 3.55. The molecule has 1 aromatic rings. The Morgan fingerprint density at radius 2 is 1.38 bits per heavy atom. The molecule has 0 spiro atoms. The molecular weight excluding hydrogens is 504 g/mol. The van der Waals surface area contributed by atoms with Crippen LogP contribution < -0.4 is 21.3 Å². The standard InChI is InChI=1S/C28H44N4O7/c1-9-17(3)21(31-27(37)39-16-20-14-12-11-13-15-20)24(34)29-19(5)23(33)32-28(6,7)26(36)30-22(18(4)10-2)25(35)38-8/h11-15,17-19,21-22H,9-10,16H2,1-8H3,(H,29,34)(H,30,36)(H,31,37)(H,32,33)/t17-,18-,19-,21-,22-/m0/s1. The third-order valence-corrected chi connectivity index (χ3v) is 6.69. The van der Waals surface area contributed by atoms with Gasteiger partial charge in [0.05, 0.1) is 7.11 Å². The Hall–Kier alpha value is -3.63. The molecule has 0 bridgehead atoms. The molecule has 0 aliphatic carbocycles. The van der Waals surface area contributed by atoms with Crippen molar-refractivity contribution in [1.82, 2.24) is 21.3 Å². The Balaban J connectivity index is 2.80. The first-order chi connectivity index (χ1) is 18.3. The van der Waals surface area contributed by atoms with Crippen LogP contribution in [-0.2, 0) is 35.3 Å². The molecule has 1 rings (SSSR count). The van der Waals surface area contributed by atoms with Gasteiger partial charge in [0.25, 0.3) is 0 Å². The zero-order chi connectivity index (χ0) is 29.8. The van der Waals surface area contributed by atoms with E-state index in [4.69, 9.17) is 9.47 Å². The van der Waals surface area contributed by atoms with Crippen LogP contribution in [0.5, 0.6) is 0 Å². The van der Waals surface area contributed by atoms with E-state index in [0.29, 0.717) is 12.8 Å². The first-order valence-electron chi connectivity index (χ1n) is 13.3. The summed E-state index contributed by atoms with van der Waals surface area (Å²) in [4.78, 5) is 63.4. The maximum absolute atomic E-state index is 13.0. The van der Waals surface area contributed by atoms with Crippen LogP contribution in [0.1, 0.15) is 66.9 Å². The number of benzene rings is 1. The SMILES string of the molecule is CC[C@H](C)[C@H](NC(=O)OCc1ccccc1)C(=O)N[C@@H](C)C(=O)NC(C)(C)C(=O)N[C@H](C(=O)OC)[C@@H](C)CC. The number of methoxy groups -OCH3 is 1. The molecule has 218 valence electrons. The molecule has 0 saturated heterocycles. The van der Waals surface area contributed by atoms with E-state index in [2.05, 4.69) is 21.3 Å². The summed E-state index contributed by atoms with van der Waals surface area (Å²) in [6.07, 6.45) is 0.458. The molecule has 11 nitrogen and oxygen atoms in total. The van der Waals surface area contributed by atoms with Crippen molar-refractivity contribution in [1.29, 1.82) is 0 Å². The van der Waals surface area contributed by atoms with Crippen LogP contribution in [-0.4, -0.2) is 60.6 Å². The predicted octanol–water partition coefficient (Wildman–Crippen LogP) is 2.43. The van der Waals surface area contributed by atoms with Crippen molar-refractivity contribution in [3.63, 3.8) is 0 Å². The summed E-state index contributed by atoms with van der Waals surface area (Å²) in [5, 5.41) is 10.5. The minimum atomic E-state index is -1.40. The van der Waals surface area contributed by atoms with Gasteiger partial charge in [0.2, 0.25) is 17.7 Å². The second kappa shape index (κ2) is 15.7. The minimum absolute atomic E-state index is 0.0470. The van der Waals surface area contributed by atoms with Gasteiger partial charge < -0.3 is 30.7 Å². The number of carbonyl (C=O) groups excluding carboxylic acids is 5. The molecule has 0 aromatic heterocycles. The van der Waals surface area contributed by atoms with Crippen molar-refractivity contribution >= 4 is 29.8 Å². The van der Waals surface area contributed by atoms with Crippen molar-refractivity contribution in [3.8, 4) is 0 Å². The highest BCUT2D eigenvalue weighted by atomic mass is 16.5. The molecule has 4 N–H and O–H groups in total. The lowest BCUT2D eigenvalue weighted by molar-refractivity contribution is -0.147. The summed E-state index contributed by atoms with van der Waals surface area (Å²) in [5.74, 6) is -2.76. The van der Waals surface area contributed by atoms with Gasteiger partial charge in [0.15, 0.2) is 0 Å². The normalized spacial score (nSPS) is 15.0. The number of hydrogen-bond donors (Lipinski definition) is 4. The van der Waals surface area contributed by atoms with Crippen molar-refractivity contribution in [2.75, 3.05) is 7.11 Å². The Labute approximate surface area is 231 Å². The molecule has 0 fully saturated rings. The molecule has 11 heteroatoms. The predicted molar refractivity (Wildman–Crippen MR) is 146 cm³/mol. The molecule has 0 heterocycles. The van der Waals surface area contributed by atoms with Gasteiger partial charge >= 0.3 is 12.1 Å². The van der Waals surface area contributed by atoms with Gasteiger partial charge in [0, 0.05) is 0 Å². The summed E-state index contributed by atoms with van der Waals surface area (Å²) >= 11 is 0. The first-order valence-corrected chi connectivity index (χ1v) is 13.3. The van der Waals surface area contributed by atoms with E-state index in [1.807, 2.05) is 51.1 Å². The van der Waals surface area contributed by atoms with Gasteiger partial charge in [-0.1, -0.05) is 70.9 Å². The lowest BCUT2D eigenvalue weighted by atomic mass is 9.96. The number of nitrogens with one attached hydrogen (secondary N) is 4. The molecule has 0 aliphatic rings. The van der Waals surface area contributed by atoms with Gasteiger partial charge in [-0.3, -0.25) is 14.4 Å². The van der Waals surface area contributed by atoms with E-state index in [9.17, 15) is 24.0 Å². The van der Waals surface area contributed by atoms with E-state index in [0.717, 1.165) is 5.56 Å². The highest BCUT2D eigenvalue weighted by molar-refractivity contribution is 5.96. The van der Waals surface area contributed by atoms with Crippen LogP contribution in [0.2, 0.25) is 0 Å². The summed E-state index contributed by atoms with van der Waals surface area (Å²) < 4.78 is 10.0. The lowest BCUT2D eigenvalue weighted by Crippen LogP contribution is -2.62. The second-order valence-corrected chi connectivity index (χ2v) is 10.3. The van der Waals surface area contributed by atoms with E-state index in [1.165, 1.54) is 27.9 Å². The summed E-state index contributed by atoms with van der Waals surface area (Å²) in [6.45, 7) is 11.9. The second-order valence-electron chi connectivity index (χ2n) is 10.3. The van der Waals surface area contributed by atoms with E-state index < -0.39 is 53.4 Å². The zero-order valence-corrected chi connectivity index (χ0v) is 24.3. The van der Waals surface area contributed by atoms with E-state index in [1.54, 1.807) is 6.92 Å². The number of esters is 1. The fourth-order valence-electron chi connectivity index (χ4n) is 3.55. The molecule has 5 atom stereocenters. The average Bonchev–Trinajstić information content (AvgIpc) is 2.92. The third kappa shape index (κ3) is 10.6. The Kier molecular flexibility index (Phi) is 13.4. The first kappa shape index (κ1) is 33.4. The lowest BCUT2D eigenvalue weighted by Gasteiger charge is -2.31. The Morgan fingerprint density at radius 3 is 1.92 bits per heavy atom. The number of rotatable bonds is 14. The average molecular weight is 549 g/mol. The molecule has 0 radical (unpaired) electrons. The quantitative estimate of drug-likeness (QED) is 0.261. The fraction of sp³-hybridized carbons (Fsp3) is 0.607. The van der Waals surface area contributed by atoms with Gasteiger partial charge in [-0.2, -0.15) is 0 Å². The highest BCUT2D eigenvalue weighted by Crippen LogP contribution is 2.13. The molecule has 1 aromatic carbocycles. The molecular formula is C28H44N4O7. The smallest absolute Gasteiger partial charge is 0.408 e. The molecule has 39 heavy (non-hydrogen) atoms. The number of amides is 4. The zero-order valence-electron chi connectivity index (χ0n) is 24.3. The van der Waals surface area contributed by atoms with Crippen LogP contribution in [0.3, 0.4) is 0 Å². The third-order valence-electron chi connectivity index (χ3n) is 6.69. The monoisotopic (exact) mass is 548 g/mol. The number of hydrogen-bond acceptors (Lipinski definition) is 7. The Morgan fingerprint density at radius 1 is 0.821 bits per heavy atom. The number of alkyl carbamates (subject to hydrolysis) is 1. The van der Waals surface area contributed by atoms with E-state index >= 15 is 0 Å². The topological polar surface area (TPSA) is 152 Å². The highest BCUT2D eigenvalue weighted by Gasteiger charge is 2.36. The van der Waals surface area contributed by atoms with Gasteiger partial charge in [-0.15, -0.1) is 0 Å². The van der Waals surface area contributed by atoms with E-state index in [-0.39, 0.29) is 18.4 Å². The van der Waals surface area contributed by atoms with Crippen LogP contribution in [0.25, 0.3) is 0 Å². The maximum Gasteiger partial charge on any atom is 0.408 e. The summed E-state index contributed by atoms with van der Waals surface area (Å²) in [5.41, 5.74) is -0.595. The van der Waals surface area contributed by atoms with Crippen LogP contribution >= 0.6 is 0 Å². The molecule has 0 saturated carbocycles. The van der Waals surface area contributed by atoms with Gasteiger partial charge in [-0.05, 0) is 38.2 Å².